The summed E-state index contributed by atoms with van der Waals surface area (Å²) >= 11 is 0. The van der Waals surface area contributed by atoms with E-state index >= 15 is 0 Å². The van der Waals surface area contributed by atoms with E-state index in [1.807, 2.05) is 27.2 Å². The third-order valence-corrected chi connectivity index (χ3v) is 13.1. The maximum absolute atomic E-state index is 12.9. The molecule has 3 unspecified atom stereocenters. The summed E-state index contributed by atoms with van der Waals surface area (Å²) in [4.78, 5) is 25.5. The third-order valence-electron chi connectivity index (χ3n) is 12.1. The van der Waals surface area contributed by atoms with Gasteiger partial charge in [-0.05, 0) is 83.5 Å². The fraction of sp³-hybridized carbons (Fsp3) is 0.776. The van der Waals surface area contributed by atoms with Gasteiger partial charge in [0.25, 0.3) is 7.82 Å². The zero-order chi connectivity index (χ0) is 49.2. The molecular formula is C58H107N2O6P. The Hall–Kier alpha value is -2.06. The average Bonchev–Trinajstić information content (AvgIpc) is 3.29. The van der Waals surface area contributed by atoms with Gasteiger partial charge in [-0.25, -0.2) is 0 Å². The van der Waals surface area contributed by atoms with Crippen LogP contribution in [0, 0.1) is 0 Å². The Balaban J connectivity index is 4.33. The van der Waals surface area contributed by atoms with Gasteiger partial charge in [-0.15, -0.1) is 0 Å². The maximum Gasteiger partial charge on any atom is 0.268 e. The standard InChI is InChI=1S/C58H107N2O6P/c1-6-8-10-12-14-16-18-20-22-24-26-28-29-30-31-32-34-36-38-40-42-44-46-48-50-52-58(62)59-56(55-66-67(63,64)65-54-53-60(3,4)5)57(61)51-49-47-45-43-41-39-37-35-33-27-25-23-21-19-17-15-13-11-9-7-2/h18,20,24,26,29-30,33,35,41,43,49,51,56-57,61H,6-17,19,21-23,25,27-28,31-32,34,36-40,42,44-48,50,52-55H2,1-5H3,(H-,59,62,63,64)/b20-18-,26-24-,30-29-,35-33+,43-41+,51-49+. The van der Waals surface area contributed by atoms with Crippen LogP contribution in [0.2, 0.25) is 0 Å². The minimum atomic E-state index is -4.61. The maximum atomic E-state index is 12.9. The van der Waals surface area contributed by atoms with E-state index in [-0.39, 0.29) is 12.5 Å². The molecule has 0 heterocycles. The minimum Gasteiger partial charge on any atom is -0.756 e. The number of phosphoric ester groups is 1. The first-order chi connectivity index (χ1) is 32.5. The van der Waals surface area contributed by atoms with Gasteiger partial charge in [0, 0.05) is 6.42 Å². The SMILES string of the molecule is CCCCCCC/C=C\C/C=C\C/C=C\CCCCCCCCCCCCC(=O)NC(COP(=O)([O-])OCC[N+](C)(C)C)C(O)/C=C/CC/C=C/CC/C=C/CCCCCCCCCCCC. The zero-order valence-electron chi connectivity index (χ0n) is 44.3. The van der Waals surface area contributed by atoms with E-state index < -0.39 is 26.6 Å². The highest BCUT2D eigenvalue weighted by Gasteiger charge is 2.23. The summed E-state index contributed by atoms with van der Waals surface area (Å²) in [5.41, 5.74) is 0. The molecule has 0 aromatic rings. The van der Waals surface area contributed by atoms with E-state index in [0.717, 1.165) is 57.8 Å². The van der Waals surface area contributed by atoms with E-state index in [1.165, 1.54) is 161 Å². The number of nitrogens with zero attached hydrogens (tertiary/aromatic N) is 1. The lowest BCUT2D eigenvalue weighted by Crippen LogP contribution is -2.45. The minimum absolute atomic E-state index is 0.0125. The monoisotopic (exact) mass is 959 g/mol. The Kier molecular flexibility index (Phi) is 47.4. The highest BCUT2D eigenvalue weighted by Crippen LogP contribution is 2.38. The molecule has 3 atom stereocenters. The first kappa shape index (κ1) is 64.9. The van der Waals surface area contributed by atoms with Crippen molar-refractivity contribution in [3.8, 4) is 0 Å². The average molecular weight is 959 g/mol. The molecular weight excluding hydrogens is 852 g/mol. The van der Waals surface area contributed by atoms with Crippen molar-refractivity contribution < 1.29 is 32.9 Å². The Labute approximate surface area is 414 Å². The number of unbranched alkanes of at least 4 members (excludes halogenated alkanes) is 27. The van der Waals surface area contributed by atoms with Gasteiger partial charge in [0.05, 0.1) is 39.9 Å². The lowest BCUT2D eigenvalue weighted by atomic mass is 10.0. The molecule has 0 saturated heterocycles. The van der Waals surface area contributed by atoms with Crippen molar-refractivity contribution >= 4 is 13.7 Å². The number of rotatable bonds is 50. The second-order valence-electron chi connectivity index (χ2n) is 19.9. The molecule has 0 aliphatic carbocycles. The molecule has 0 fully saturated rings. The summed E-state index contributed by atoms with van der Waals surface area (Å²) in [6.45, 7) is 4.61. The summed E-state index contributed by atoms with van der Waals surface area (Å²) in [6.07, 6.45) is 66.8. The van der Waals surface area contributed by atoms with Crippen molar-refractivity contribution in [3.05, 3.63) is 72.9 Å². The predicted molar refractivity (Wildman–Crippen MR) is 288 cm³/mol. The number of aliphatic hydroxyl groups is 1. The van der Waals surface area contributed by atoms with E-state index in [9.17, 15) is 19.4 Å². The van der Waals surface area contributed by atoms with E-state index in [2.05, 4.69) is 79.9 Å². The molecule has 0 aromatic heterocycles. The van der Waals surface area contributed by atoms with Crippen molar-refractivity contribution in [2.75, 3.05) is 40.9 Å². The molecule has 0 aromatic carbocycles. The summed E-state index contributed by atoms with van der Waals surface area (Å²) in [5.74, 6) is -0.217. The van der Waals surface area contributed by atoms with E-state index in [1.54, 1.807) is 6.08 Å². The molecule has 2 N–H and O–H groups in total. The number of allylic oxidation sites excluding steroid dienone is 11. The van der Waals surface area contributed by atoms with Crippen LogP contribution >= 0.6 is 7.82 Å². The van der Waals surface area contributed by atoms with E-state index in [4.69, 9.17) is 9.05 Å². The molecule has 0 radical (unpaired) electrons. The highest BCUT2D eigenvalue weighted by atomic mass is 31.2. The quantitative estimate of drug-likeness (QED) is 0.0272. The number of hydrogen-bond donors (Lipinski definition) is 2. The van der Waals surface area contributed by atoms with Gasteiger partial charge in [-0.1, -0.05) is 222 Å². The Morgan fingerprint density at radius 1 is 0.522 bits per heavy atom. The number of carbonyl (C=O) groups excluding carboxylic acids is 1. The molecule has 0 rings (SSSR count). The fourth-order valence-corrected chi connectivity index (χ4v) is 8.44. The first-order valence-corrected chi connectivity index (χ1v) is 29.3. The smallest absolute Gasteiger partial charge is 0.268 e. The van der Waals surface area contributed by atoms with Crippen LogP contribution in [0.1, 0.15) is 239 Å². The molecule has 0 spiro atoms. The van der Waals surface area contributed by atoms with Crippen molar-refractivity contribution in [1.29, 1.82) is 0 Å². The van der Waals surface area contributed by atoms with Crippen molar-refractivity contribution in [2.24, 2.45) is 0 Å². The van der Waals surface area contributed by atoms with E-state index in [0.29, 0.717) is 17.4 Å². The van der Waals surface area contributed by atoms with Crippen LogP contribution in [0.3, 0.4) is 0 Å². The lowest BCUT2D eigenvalue weighted by molar-refractivity contribution is -0.870. The Bertz CT molecular complexity index is 1320. The van der Waals surface area contributed by atoms with Gasteiger partial charge in [0.2, 0.25) is 5.91 Å². The van der Waals surface area contributed by atoms with Gasteiger partial charge >= 0.3 is 0 Å². The molecule has 0 bridgehead atoms. The number of phosphoric acid groups is 1. The van der Waals surface area contributed by atoms with Crippen LogP contribution < -0.4 is 10.2 Å². The number of quaternary nitrogens is 1. The fourth-order valence-electron chi connectivity index (χ4n) is 7.72. The predicted octanol–water partition coefficient (Wildman–Crippen LogP) is 16.1. The topological polar surface area (TPSA) is 108 Å². The zero-order valence-corrected chi connectivity index (χ0v) is 45.2. The van der Waals surface area contributed by atoms with Gasteiger partial charge in [-0.3, -0.25) is 9.36 Å². The molecule has 67 heavy (non-hydrogen) atoms. The van der Waals surface area contributed by atoms with Crippen LogP contribution in [0.25, 0.3) is 0 Å². The summed E-state index contributed by atoms with van der Waals surface area (Å²) < 4.78 is 23.3. The Morgan fingerprint density at radius 3 is 1.31 bits per heavy atom. The molecule has 8 nitrogen and oxygen atoms in total. The highest BCUT2D eigenvalue weighted by molar-refractivity contribution is 7.45. The number of likely N-dealkylation sites (N-methyl/N-ethyl adjacent to an activating group) is 1. The van der Waals surface area contributed by atoms with Gasteiger partial charge in [-0.2, -0.15) is 0 Å². The van der Waals surface area contributed by atoms with Crippen LogP contribution in [0.15, 0.2) is 72.9 Å². The van der Waals surface area contributed by atoms with Crippen LogP contribution in [0.4, 0.5) is 0 Å². The normalized spacial score (nSPS) is 14.6. The van der Waals surface area contributed by atoms with Crippen LogP contribution in [-0.4, -0.2) is 68.5 Å². The number of aliphatic hydroxyl groups excluding tert-OH is 1. The molecule has 0 saturated carbocycles. The van der Waals surface area contributed by atoms with Crippen molar-refractivity contribution in [1.82, 2.24) is 5.32 Å². The summed E-state index contributed by atoms with van der Waals surface area (Å²) in [7, 11) is 1.23. The summed E-state index contributed by atoms with van der Waals surface area (Å²) in [5, 5.41) is 13.8. The largest absolute Gasteiger partial charge is 0.756 e. The van der Waals surface area contributed by atoms with Crippen LogP contribution in [-0.2, 0) is 18.4 Å². The van der Waals surface area contributed by atoms with Crippen LogP contribution in [0.5, 0.6) is 0 Å². The number of carbonyl (C=O) groups is 1. The van der Waals surface area contributed by atoms with Crippen molar-refractivity contribution in [3.63, 3.8) is 0 Å². The number of hydrogen-bond acceptors (Lipinski definition) is 6. The second kappa shape index (κ2) is 48.9. The summed E-state index contributed by atoms with van der Waals surface area (Å²) in [6, 6.07) is -0.916. The third kappa shape index (κ3) is 51.6. The first-order valence-electron chi connectivity index (χ1n) is 27.8. The molecule has 9 heteroatoms. The number of amides is 1. The Morgan fingerprint density at radius 2 is 0.881 bits per heavy atom. The molecule has 390 valence electrons. The second-order valence-corrected chi connectivity index (χ2v) is 21.3. The molecule has 0 aliphatic rings. The van der Waals surface area contributed by atoms with Gasteiger partial charge in [0.1, 0.15) is 13.2 Å². The molecule has 1 amide bonds. The molecule has 0 aliphatic heterocycles. The number of nitrogens with one attached hydrogen (secondary N) is 1. The lowest BCUT2D eigenvalue weighted by Gasteiger charge is -2.29. The van der Waals surface area contributed by atoms with Crippen molar-refractivity contribution in [2.45, 2.75) is 251 Å². The van der Waals surface area contributed by atoms with Gasteiger partial charge < -0.3 is 28.8 Å². The van der Waals surface area contributed by atoms with Gasteiger partial charge in [0.15, 0.2) is 0 Å².